The number of thiazole rings is 1. The average molecular weight is 505 g/mol. The van der Waals surface area contributed by atoms with Crippen molar-refractivity contribution in [3.8, 4) is 10.6 Å². The fraction of sp³-hybridized carbons (Fsp3) is 0. The normalized spacial score (nSPS) is 10.7. The van der Waals surface area contributed by atoms with E-state index in [4.69, 9.17) is 21.6 Å². The van der Waals surface area contributed by atoms with Gasteiger partial charge in [-0.25, -0.2) is 4.98 Å². The molecule has 0 atom stereocenters. The van der Waals surface area contributed by atoms with Crippen LogP contribution in [0.1, 0.15) is 10.6 Å². The van der Waals surface area contributed by atoms with Crippen LogP contribution in [0.25, 0.3) is 20.8 Å². The van der Waals surface area contributed by atoms with Crippen LogP contribution in [0.5, 0.6) is 0 Å². The Morgan fingerprint density at radius 2 is 2.00 bits per heavy atom. The van der Waals surface area contributed by atoms with E-state index in [9.17, 15) is 4.79 Å². The molecule has 2 aromatic heterocycles. The number of carbonyl (C=O) groups is 1. The number of fused-ring (bicyclic) bond motifs is 1. The second-order valence-electron chi connectivity index (χ2n) is 5.56. The Kier molecular flexibility index (Phi) is 5.19. The van der Waals surface area contributed by atoms with Gasteiger partial charge in [-0.1, -0.05) is 12.1 Å². The lowest BCUT2D eigenvalue weighted by atomic mass is 10.2. The van der Waals surface area contributed by atoms with Gasteiger partial charge in [-0.3, -0.25) is 10.1 Å². The molecule has 0 saturated carbocycles. The van der Waals surface area contributed by atoms with Crippen molar-refractivity contribution < 1.29 is 9.21 Å². The minimum absolute atomic E-state index is 0.194. The number of nitrogens with zero attached hydrogens (tertiary/aromatic N) is 1. The van der Waals surface area contributed by atoms with Gasteiger partial charge >= 0.3 is 0 Å². The molecule has 2 aromatic carbocycles. The molecule has 0 aliphatic carbocycles. The Morgan fingerprint density at radius 3 is 2.78 bits per heavy atom. The van der Waals surface area contributed by atoms with Crippen LogP contribution < -0.4 is 10.6 Å². The van der Waals surface area contributed by atoms with E-state index in [1.807, 2.05) is 42.5 Å². The van der Waals surface area contributed by atoms with E-state index < -0.39 is 5.91 Å². The van der Waals surface area contributed by atoms with E-state index in [0.29, 0.717) is 0 Å². The maximum Gasteiger partial charge on any atom is 0.293 e. The highest BCUT2D eigenvalue weighted by Gasteiger charge is 2.14. The van der Waals surface area contributed by atoms with Crippen molar-refractivity contribution in [2.45, 2.75) is 0 Å². The molecule has 0 saturated heterocycles. The van der Waals surface area contributed by atoms with Gasteiger partial charge in [0.05, 0.1) is 22.2 Å². The molecular formula is C19H12IN3O2S2. The molecule has 0 spiro atoms. The summed E-state index contributed by atoms with van der Waals surface area (Å²) < 4.78 is 7.28. The summed E-state index contributed by atoms with van der Waals surface area (Å²) in [5.41, 5.74) is 2.66. The molecule has 134 valence electrons. The van der Waals surface area contributed by atoms with Gasteiger partial charge in [-0.05, 0) is 77.3 Å². The minimum atomic E-state index is -0.399. The minimum Gasteiger partial charge on any atom is -0.459 e. The first-order chi connectivity index (χ1) is 13.1. The third-order valence-electron chi connectivity index (χ3n) is 3.73. The van der Waals surface area contributed by atoms with Crippen LogP contribution in [0.15, 0.2) is 65.3 Å². The monoisotopic (exact) mass is 505 g/mol. The first-order valence-corrected chi connectivity index (χ1v) is 10.2. The van der Waals surface area contributed by atoms with Gasteiger partial charge in [-0.15, -0.1) is 11.3 Å². The van der Waals surface area contributed by atoms with Crippen LogP contribution in [0.4, 0.5) is 5.69 Å². The number of furan rings is 1. The number of benzene rings is 2. The van der Waals surface area contributed by atoms with Crippen molar-refractivity contribution in [2.24, 2.45) is 0 Å². The first-order valence-electron chi connectivity index (χ1n) is 7.91. The number of nitrogens with one attached hydrogen (secondary N) is 2. The molecular weight excluding hydrogens is 493 g/mol. The number of halogens is 1. The zero-order chi connectivity index (χ0) is 18.8. The molecule has 1 amide bonds. The fourth-order valence-corrected chi connectivity index (χ4v) is 4.21. The zero-order valence-corrected chi connectivity index (χ0v) is 17.5. The van der Waals surface area contributed by atoms with Crippen LogP contribution in [0, 0.1) is 3.57 Å². The fourth-order valence-electron chi connectivity index (χ4n) is 2.52. The molecule has 0 radical (unpaired) electrons. The smallest absolute Gasteiger partial charge is 0.293 e. The quantitative estimate of drug-likeness (QED) is 0.293. The van der Waals surface area contributed by atoms with E-state index in [-0.39, 0.29) is 10.9 Å². The summed E-state index contributed by atoms with van der Waals surface area (Å²) in [7, 11) is 0. The van der Waals surface area contributed by atoms with Gasteiger partial charge in [0.1, 0.15) is 5.01 Å². The molecule has 0 fully saturated rings. The van der Waals surface area contributed by atoms with Crippen LogP contribution in [0.3, 0.4) is 0 Å². The Labute approximate surface area is 177 Å². The summed E-state index contributed by atoms with van der Waals surface area (Å²) >= 11 is 9.16. The Morgan fingerprint density at radius 1 is 1.15 bits per heavy atom. The Hall–Kier alpha value is -2.30. The average Bonchev–Trinajstić information content (AvgIpc) is 3.32. The van der Waals surface area contributed by atoms with Crippen molar-refractivity contribution in [2.75, 3.05) is 5.32 Å². The topological polar surface area (TPSA) is 67.2 Å². The number of amides is 1. The van der Waals surface area contributed by atoms with E-state index in [1.54, 1.807) is 23.5 Å². The lowest BCUT2D eigenvalue weighted by Gasteiger charge is -2.12. The standard InChI is InChI=1S/C19H12IN3O2S2/c20-11-7-8-13(22-19(26)23-17(24)15-5-3-9-25-15)12(10-11)18-21-14-4-1-2-6-16(14)27-18/h1-10H,(H2,22,23,24,26). The van der Waals surface area contributed by atoms with Crippen LogP contribution in [-0.2, 0) is 0 Å². The van der Waals surface area contributed by atoms with Crippen molar-refractivity contribution >= 4 is 73.1 Å². The highest BCUT2D eigenvalue weighted by atomic mass is 127. The van der Waals surface area contributed by atoms with Gasteiger partial charge in [-0.2, -0.15) is 0 Å². The molecule has 5 nitrogen and oxygen atoms in total. The molecule has 0 bridgehead atoms. The molecule has 8 heteroatoms. The van der Waals surface area contributed by atoms with Gasteiger partial charge in [0.2, 0.25) is 0 Å². The van der Waals surface area contributed by atoms with E-state index >= 15 is 0 Å². The molecule has 2 heterocycles. The maximum atomic E-state index is 12.1. The number of aromatic nitrogens is 1. The van der Waals surface area contributed by atoms with E-state index in [1.165, 1.54) is 6.26 Å². The molecule has 0 aliphatic heterocycles. The number of thiocarbonyl (C=S) groups is 1. The van der Waals surface area contributed by atoms with Crippen molar-refractivity contribution in [1.29, 1.82) is 0 Å². The summed E-state index contributed by atoms with van der Waals surface area (Å²) in [5, 5.41) is 6.79. The van der Waals surface area contributed by atoms with Gasteiger partial charge in [0.25, 0.3) is 5.91 Å². The SMILES string of the molecule is O=C(NC(=S)Nc1ccc(I)cc1-c1nc2ccccc2s1)c1ccco1. The third-order valence-corrected chi connectivity index (χ3v) is 5.67. The van der Waals surface area contributed by atoms with Gasteiger partial charge < -0.3 is 9.73 Å². The summed E-state index contributed by atoms with van der Waals surface area (Å²) in [4.78, 5) is 16.8. The highest BCUT2D eigenvalue weighted by molar-refractivity contribution is 14.1. The molecule has 4 aromatic rings. The molecule has 2 N–H and O–H groups in total. The number of para-hydroxylation sites is 1. The number of anilines is 1. The maximum absolute atomic E-state index is 12.1. The van der Waals surface area contributed by atoms with Crippen molar-refractivity contribution in [3.63, 3.8) is 0 Å². The third kappa shape index (κ3) is 4.02. The Balaban J connectivity index is 1.61. The predicted molar refractivity (Wildman–Crippen MR) is 120 cm³/mol. The van der Waals surface area contributed by atoms with Crippen LogP contribution in [-0.4, -0.2) is 16.0 Å². The van der Waals surface area contributed by atoms with Crippen LogP contribution >= 0.6 is 46.1 Å². The van der Waals surface area contributed by atoms with Crippen molar-refractivity contribution in [3.05, 3.63) is 70.2 Å². The summed E-state index contributed by atoms with van der Waals surface area (Å²) in [6.45, 7) is 0. The molecule has 27 heavy (non-hydrogen) atoms. The summed E-state index contributed by atoms with van der Waals surface area (Å²) in [5.74, 6) is -0.197. The van der Waals surface area contributed by atoms with Crippen molar-refractivity contribution in [1.82, 2.24) is 10.3 Å². The number of hydrogen-bond acceptors (Lipinski definition) is 5. The molecule has 0 unspecified atom stereocenters. The number of hydrogen-bond donors (Lipinski definition) is 2. The van der Waals surface area contributed by atoms with Crippen LogP contribution in [0.2, 0.25) is 0 Å². The highest BCUT2D eigenvalue weighted by Crippen LogP contribution is 2.35. The largest absolute Gasteiger partial charge is 0.459 e. The van der Waals surface area contributed by atoms with Gasteiger partial charge in [0, 0.05) is 9.13 Å². The predicted octanol–water partition coefficient (Wildman–Crippen LogP) is 5.29. The molecule has 4 rings (SSSR count). The second-order valence-corrected chi connectivity index (χ2v) is 8.25. The lowest BCUT2D eigenvalue weighted by molar-refractivity contribution is 0.0950. The zero-order valence-electron chi connectivity index (χ0n) is 13.7. The molecule has 0 aliphatic rings. The Bertz CT molecular complexity index is 1110. The number of rotatable bonds is 3. The summed E-state index contributed by atoms with van der Waals surface area (Å²) in [6.07, 6.45) is 1.44. The first kappa shape index (κ1) is 18.1. The lowest BCUT2D eigenvalue weighted by Crippen LogP contribution is -2.34. The summed E-state index contributed by atoms with van der Waals surface area (Å²) in [6, 6.07) is 17.2. The van der Waals surface area contributed by atoms with E-state index in [2.05, 4.69) is 33.2 Å². The number of carbonyl (C=O) groups excluding carboxylic acids is 1. The second kappa shape index (κ2) is 7.75. The van der Waals surface area contributed by atoms with Gasteiger partial charge in [0.15, 0.2) is 10.9 Å². The van der Waals surface area contributed by atoms with E-state index in [0.717, 1.165) is 30.0 Å².